The molecule has 0 bridgehead atoms. The lowest BCUT2D eigenvalue weighted by Crippen LogP contribution is -2.42. The summed E-state index contributed by atoms with van der Waals surface area (Å²) in [4.78, 5) is 23.4. The monoisotopic (exact) mass is 261 g/mol. The third-order valence-corrected chi connectivity index (χ3v) is 2.58. The summed E-state index contributed by atoms with van der Waals surface area (Å²) < 4.78 is 4.67. The molecule has 4 nitrogen and oxygen atoms in total. The Balaban J connectivity index is 2.61. The van der Waals surface area contributed by atoms with Gasteiger partial charge in [0.1, 0.15) is 6.04 Å². The van der Waals surface area contributed by atoms with Gasteiger partial charge in [-0.25, -0.2) is 4.79 Å². The lowest BCUT2D eigenvalue weighted by Gasteiger charge is -2.16. The fourth-order valence-corrected chi connectivity index (χ4v) is 1.71. The van der Waals surface area contributed by atoms with E-state index in [1.807, 2.05) is 30.3 Å². The molecule has 0 heterocycles. The molecule has 0 aliphatic rings. The van der Waals surface area contributed by atoms with E-state index in [0.717, 1.165) is 11.1 Å². The second-order valence-corrected chi connectivity index (χ2v) is 4.47. The summed E-state index contributed by atoms with van der Waals surface area (Å²) in [6.07, 6.45) is 0.623. The van der Waals surface area contributed by atoms with E-state index in [1.165, 1.54) is 7.11 Å². The molecule has 0 saturated heterocycles. The molecule has 1 atom stereocenters. The molecule has 19 heavy (non-hydrogen) atoms. The summed E-state index contributed by atoms with van der Waals surface area (Å²) >= 11 is 0. The second-order valence-electron chi connectivity index (χ2n) is 4.47. The molecule has 1 amide bonds. The average Bonchev–Trinajstić information content (AvgIpc) is 2.37. The number of hydrogen-bond donors (Lipinski definition) is 1. The molecule has 1 rings (SSSR count). The van der Waals surface area contributed by atoms with Gasteiger partial charge in [0.25, 0.3) is 0 Å². The smallest absolute Gasteiger partial charge is 0.328 e. The maximum absolute atomic E-state index is 11.9. The van der Waals surface area contributed by atoms with Crippen molar-refractivity contribution in [2.45, 2.75) is 25.8 Å². The van der Waals surface area contributed by atoms with E-state index in [4.69, 9.17) is 0 Å². The van der Waals surface area contributed by atoms with Crippen LogP contribution in [0, 0.1) is 0 Å². The Morgan fingerprint density at radius 3 is 2.47 bits per heavy atom. The number of carbonyl (C=O) groups excluding carboxylic acids is 2. The lowest BCUT2D eigenvalue weighted by molar-refractivity contribution is -0.145. The minimum absolute atomic E-state index is 0.206. The highest BCUT2D eigenvalue weighted by Crippen LogP contribution is 2.05. The molecule has 0 saturated carbocycles. The van der Waals surface area contributed by atoms with Gasteiger partial charge in [-0.3, -0.25) is 4.79 Å². The Labute approximate surface area is 113 Å². The van der Waals surface area contributed by atoms with Gasteiger partial charge in [0, 0.05) is 0 Å². The van der Waals surface area contributed by atoms with E-state index in [1.54, 1.807) is 6.92 Å². The van der Waals surface area contributed by atoms with Crippen molar-refractivity contribution >= 4 is 11.9 Å². The zero-order chi connectivity index (χ0) is 14.3. The molecule has 0 aromatic heterocycles. The largest absolute Gasteiger partial charge is 0.467 e. The Morgan fingerprint density at radius 2 is 1.95 bits per heavy atom. The summed E-state index contributed by atoms with van der Waals surface area (Å²) in [7, 11) is 1.30. The van der Waals surface area contributed by atoms with Crippen molar-refractivity contribution in [3.8, 4) is 0 Å². The van der Waals surface area contributed by atoms with E-state index in [0.29, 0.717) is 6.42 Å². The van der Waals surface area contributed by atoms with Crippen LogP contribution in [0.5, 0.6) is 0 Å². The topological polar surface area (TPSA) is 55.4 Å². The Bertz CT molecular complexity index is 454. The van der Waals surface area contributed by atoms with Crippen LogP contribution in [0.3, 0.4) is 0 Å². The van der Waals surface area contributed by atoms with Gasteiger partial charge in [0.15, 0.2) is 0 Å². The number of amides is 1. The van der Waals surface area contributed by atoms with Crippen LogP contribution in [-0.4, -0.2) is 25.0 Å². The molecule has 1 aromatic carbocycles. The summed E-state index contributed by atoms with van der Waals surface area (Å²) in [6.45, 7) is 5.55. The molecule has 102 valence electrons. The summed E-state index contributed by atoms with van der Waals surface area (Å²) in [5.74, 6) is -0.660. The highest BCUT2D eigenvalue weighted by atomic mass is 16.5. The Morgan fingerprint density at radius 1 is 1.32 bits per heavy atom. The van der Waals surface area contributed by atoms with Crippen LogP contribution in [0.2, 0.25) is 0 Å². The average molecular weight is 261 g/mol. The van der Waals surface area contributed by atoms with E-state index < -0.39 is 12.0 Å². The van der Waals surface area contributed by atoms with Crippen molar-refractivity contribution in [3.05, 3.63) is 48.0 Å². The maximum atomic E-state index is 11.9. The molecule has 0 aliphatic heterocycles. The van der Waals surface area contributed by atoms with Crippen LogP contribution in [0.4, 0.5) is 0 Å². The van der Waals surface area contributed by atoms with Crippen molar-refractivity contribution < 1.29 is 14.3 Å². The molecule has 0 spiro atoms. The molecule has 0 fully saturated rings. The first-order chi connectivity index (χ1) is 9.02. The number of methoxy groups -OCH3 is 1. The van der Waals surface area contributed by atoms with Crippen LogP contribution in [0.1, 0.15) is 18.9 Å². The van der Waals surface area contributed by atoms with E-state index in [2.05, 4.69) is 16.6 Å². The molecule has 0 radical (unpaired) electrons. The van der Waals surface area contributed by atoms with Crippen molar-refractivity contribution in [1.29, 1.82) is 0 Å². The predicted molar refractivity (Wildman–Crippen MR) is 73.5 cm³/mol. The Kier molecular flexibility index (Phi) is 5.79. The minimum Gasteiger partial charge on any atom is -0.467 e. The van der Waals surface area contributed by atoms with Gasteiger partial charge >= 0.3 is 5.97 Å². The third kappa shape index (κ3) is 5.38. The molecule has 0 aliphatic carbocycles. The van der Waals surface area contributed by atoms with Gasteiger partial charge in [-0.05, 0) is 18.9 Å². The summed E-state index contributed by atoms with van der Waals surface area (Å²) in [6, 6.07) is 8.69. The van der Waals surface area contributed by atoms with Crippen molar-refractivity contribution in [3.63, 3.8) is 0 Å². The van der Waals surface area contributed by atoms with Gasteiger partial charge in [0.05, 0.1) is 13.5 Å². The standard InChI is InChI=1S/C15H19NO3/c1-11(2)9-13(15(18)19-3)16-14(17)10-12-7-5-4-6-8-12/h4-8,13H,1,9-10H2,2-3H3,(H,16,17)/t13-/m0/s1. The van der Waals surface area contributed by atoms with Gasteiger partial charge in [-0.2, -0.15) is 0 Å². The second kappa shape index (κ2) is 7.36. The summed E-state index contributed by atoms with van der Waals surface area (Å²) in [5.41, 5.74) is 1.72. The zero-order valence-electron chi connectivity index (χ0n) is 11.3. The van der Waals surface area contributed by atoms with Crippen LogP contribution in [0.15, 0.2) is 42.5 Å². The number of benzene rings is 1. The fourth-order valence-electron chi connectivity index (χ4n) is 1.71. The minimum atomic E-state index is -0.668. The predicted octanol–water partition coefficient (Wildman–Crippen LogP) is 1.85. The quantitative estimate of drug-likeness (QED) is 0.628. The van der Waals surface area contributed by atoms with Crippen LogP contribution < -0.4 is 5.32 Å². The molecule has 1 N–H and O–H groups in total. The number of hydrogen-bond acceptors (Lipinski definition) is 3. The van der Waals surface area contributed by atoms with E-state index in [9.17, 15) is 9.59 Å². The Hall–Kier alpha value is -2.10. The third-order valence-electron chi connectivity index (χ3n) is 2.58. The highest BCUT2D eigenvalue weighted by Gasteiger charge is 2.21. The normalized spacial score (nSPS) is 11.5. The first-order valence-electron chi connectivity index (χ1n) is 6.08. The summed E-state index contributed by atoms with van der Waals surface area (Å²) in [5, 5.41) is 2.67. The van der Waals surface area contributed by atoms with E-state index in [-0.39, 0.29) is 12.3 Å². The molecule has 4 heteroatoms. The molecular weight excluding hydrogens is 242 g/mol. The zero-order valence-corrected chi connectivity index (χ0v) is 11.3. The number of ether oxygens (including phenoxy) is 1. The molecule has 1 aromatic rings. The highest BCUT2D eigenvalue weighted by molar-refractivity contribution is 5.85. The first kappa shape index (κ1) is 15.0. The van der Waals surface area contributed by atoms with Gasteiger partial charge in [0.2, 0.25) is 5.91 Å². The van der Waals surface area contributed by atoms with Gasteiger partial charge < -0.3 is 10.1 Å². The number of carbonyl (C=O) groups is 2. The maximum Gasteiger partial charge on any atom is 0.328 e. The van der Waals surface area contributed by atoms with Crippen LogP contribution >= 0.6 is 0 Å². The SMILES string of the molecule is C=C(C)C[C@H](NC(=O)Cc1ccccc1)C(=O)OC. The van der Waals surface area contributed by atoms with Gasteiger partial charge in [-0.15, -0.1) is 6.58 Å². The first-order valence-corrected chi connectivity index (χ1v) is 6.08. The fraction of sp³-hybridized carbons (Fsp3) is 0.333. The van der Waals surface area contributed by atoms with Gasteiger partial charge in [-0.1, -0.05) is 35.9 Å². The van der Waals surface area contributed by atoms with Crippen LogP contribution in [-0.2, 0) is 20.7 Å². The van der Waals surface area contributed by atoms with Crippen molar-refractivity contribution in [2.24, 2.45) is 0 Å². The number of esters is 1. The van der Waals surface area contributed by atoms with Crippen LogP contribution in [0.25, 0.3) is 0 Å². The van der Waals surface area contributed by atoms with Crippen molar-refractivity contribution in [2.75, 3.05) is 7.11 Å². The number of nitrogens with one attached hydrogen (secondary N) is 1. The molecule has 0 unspecified atom stereocenters. The lowest BCUT2D eigenvalue weighted by atomic mass is 10.1. The molecular formula is C15H19NO3. The van der Waals surface area contributed by atoms with Crippen molar-refractivity contribution in [1.82, 2.24) is 5.32 Å². The number of rotatable bonds is 6. The van der Waals surface area contributed by atoms with E-state index >= 15 is 0 Å².